The number of hydrogen-bond acceptors (Lipinski definition) is 0. The number of rotatable bonds is 7. The van der Waals surface area contributed by atoms with Crippen molar-refractivity contribution in [2.45, 2.75) is 91.4 Å². The SMILES string of the molecule is CCCCCC(CCC)C1CCCC(C)CC1. The summed E-state index contributed by atoms with van der Waals surface area (Å²) in [5.74, 6) is 3.12. The third-order valence-electron chi connectivity index (χ3n) is 4.81. The van der Waals surface area contributed by atoms with E-state index in [0.29, 0.717) is 0 Å². The van der Waals surface area contributed by atoms with Crippen LogP contribution in [0.2, 0.25) is 0 Å². The Hall–Kier alpha value is 0. The molecular formula is C17H34. The summed E-state index contributed by atoms with van der Waals surface area (Å²) in [6.45, 7) is 7.14. The van der Waals surface area contributed by atoms with E-state index in [4.69, 9.17) is 0 Å². The van der Waals surface area contributed by atoms with Crippen molar-refractivity contribution < 1.29 is 0 Å². The summed E-state index contributed by atoms with van der Waals surface area (Å²) in [4.78, 5) is 0. The average Bonchev–Trinajstić information content (AvgIpc) is 2.53. The maximum atomic E-state index is 2.45. The minimum absolute atomic E-state index is 0.998. The van der Waals surface area contributed by atoms with Crippen molar-refractivity contribution >= 4 is 0 Å². The third-order valence-corrected chi connectivity index (χ3v) is 4.81. The minimum atomic E-state index is 0.998. The fraction of sp³-hybridized carbons (Fsp3) is 1.00. The first-order chi connectivity index (χ1) is 8.27. The van der Waals surface area contributed by atoms with Crippen molar-refractivity contribution in [1.82, 2.24) is 0 Å². The highest BCUT2D eigenvalue weighted by Crippen LogP contribution is 2.36. The van der Waals surface area contributed by atoms with Gasteiger partial charge in [-0.2, -0.15) is 0 Å². The normalized spacial score (nSPS) is 27.7. The summed E-state index contributed by atoms with van der Waals surface area (Å²) in [5, 5.41) is 0. The average molecular weight is 238 g/mol. The van der Waals surface area contributed by atoms with E-state index in [1.165, 1.54) is 70.6 Å². The predicted molar refractivity (Wildman–Crippen MR) is 78.3 cm³/mol. The van der Waals surface area contributed by atoms with Crippen molar-refractivity contribution in [1.29, 1.82) is 0 Å². The Balaban J connectivity index is 2.38. The molecule has 0 aromatic rings. The van der Waals surface area contributed by atoms with Crippen LogP contribution in [0, 0.1) is 17.8 Å². The third kappa shape index (κ3) is 5.93. The first-order valence-corrected chi connectivity index (χ1v) is 8.27. The molecule has 0 aliphatic heterocycles. The smallest absolute Gasteiger partial charge is 0.0386 e. The molecule has 0 nitrogen and oxygen atoms in total. The zero-order chi connectivity index (χ0) is 12.5. The molecule has 0 aromatic heterocycles. The maximum absolute atomic E-state index is 2.45. The maximum Gasteiger partial charge on any atom is -0.0386 e. The van der Waals surface area contributed by atoms with Crippen LogP contribution in [0.5, 0.6) is 0 Å². The van der Waals surface area contributed by atoms with Gasteiger partial charge in [-0.05, 0) is 24.2 Å². The first-order valence-electron chi connectivity index (χ1n) is 8.27. The monoisotopic (exact) mass is 238 g/mol. The Kier molecular flexibility index (Phi) is 7.97. The highest BCUT2D eigenvalue weighted by Gasteiger charge is 2.23. The highest BCUT2D eigenvalue weighted by molar-refractivity contribution is 4.75. The van der Waals surface area contributed by atoms with Crippen molar-refractivity contribution in [3.8, 4) is 0 Å². The van der Waals surface area contributed by atoms with Crippen LogP contribution in [0.25, 0.3) is 0 Å². The molecule has 0 aromatic carbocycles. The highest BCUT2D eigenvalue weighted by atomic mass is 14.3. The molecule has 1 fully saturated rings. The van der Waals surface area contributed by atoms with Crippen LogP contribution in [-0.2, 0) is 0 Å². The molecule has 0 saturated heterocycles. The molecule has 0 amide bonds. The van der Waals surface area contributed by atoms with E-state index in [9.17, 15) is 0 Å². The van der Waals surface area contributed by atoms with Crippen molar-refractivity contribution in [3.05, 3.63) is 0 Å². The Morgan fingerprint density at radius 2 is 1.71 bits per heavy atom. The molecule has 1 aliphatic carbocycles. The van der Waals surface area contributed by atoms with Crippen LogP contribution in [0.3, 0.4) is 0 Å². The molecule has 102 valence electrons. The predicted octanol–water partition coefficient (Wildman–Crippen LogP) is 6.20. The van der Waals surface area contributed by atoms with Crippen LogP contribution >= 0.6 is 0 Å². The molecule has 1 saturated carbocycles. The van der Waals surface area contributed by atoms with E-state index >= 15 is 0 Å². The van der Waals surface area contributed by atoms with Gasteiger partial charge in [0.1, 0.15) is 0 Å². The second-order valence-corrected chi connectivity index (χ2v) is 6.42. The van der Waals surface area contributed by atoms with Gasteiger partial charge in [-0.25, -0.2) is 0 Å². The molecule has 0 spiro atoms. The molecule has 3 atom stereocenters. The van der Waals surface area contributed by atoms with Gasteiger partial charge in [-0.3, -0.25) is 0 Å². The molecule has 0 N–H and O–H groups in total. The Morgan fingerprint density at radius 3 is 2.41 bits per heavy atom. The quantitative estimate of drug-likeness (QED) is 0.366. The van der Waals surface area contributed by atoms with E-state index in [1.54, 1.807) is 0 Å². The topological polar surface area (TPSA) is 0 Å². The van der Waals surface area contributed by atoms with Gasteiger partial charge < -0.3 is 0 Å². The molecular weight excluding hydrogens is 204 g/mol. The number of unbranched alkanes of at least 4 members (excludes halogenated alkanes) is 2. The van der Waals surface area contributed by atoms with Crippen LogP contribution in [0.4, 0.5) is 0 Å². The molecule has 3 unspecified atom stereocenters. The lowest BCUT2D eigenvalue weighted by atomic mass is 9.80. The van der Waals surface area contributed by atoms with Crippen molar-refractivity contribution in [3.63, 3.8) is 0 Å². The lowest BCUT2D eigenvalue weighted by molar-refractivity contribution is 0.255. The summed E-state index contributed by atoms with van der Waals surface area (Å²) >= 11 is 0. The van der Waals surface area contributed by atoms with E-state index in [1.807, 2.05) is 0 Å². The van der Waals surface area contributed by atoms with Gasteiger partial charge in [0.25, 0.3) is 0 Å². The van der Waals surface area contributed by atoms with Gasteiger partial charge in [-0.1, -0.05) is 85.0 Å². The standard InChI is InChI=1S/C17H34/c1-4-6-7-11-16(9-5-2)17-12-8-10-15(3)13-14-17/h15-17H,4-14H2,1-3H3. The fourth-order valence-corrected chi connectivity index (χ4v) is 3.63. The molecule has 0 bridgehead atoms. The molecule has 1 rings (SSSR count). The Morgan fingerprint density at radius 1 is 0.882 bits per heavy atom. The zero-order valence-electron chi connectivity index (χ0n) is 12.5. The van der Waals surface area contributed by atoms with E-state index in [-0.39, 0.29) is 0 Å². The first kappa shape index (κ1) is 15.1. The lowest BCUT2D eigenvalue weighted by Gasteiger charge is -2.26. The van der Waals surface area contributed by atoms with Crippen LogP contribution in [-0.4, -0.2) is 0 Å². The summed E-state index contributed by atoms with van der Waals surface area (Å²) in [5.41, 5.74) is 0. The van der Waals surface area contributed by atoms with Crippen LogP contribution in [0.1, 0.15) is 91.4 Å². The van der Waals surface area contributed by atoms with E-state index in [2.05, 4.69) is 20.8 Å². The van der Waals surface area contributed by atoms with Gasteiger partial charge in [0.05, 0.1) is 0 Å². The molecule has 0 radical (unpaired) electrons. The summed E-state index contributed by atoms with van der Waals surface area (Å²) in [6, 6.07) is 0. The van der Waals surface area contributed by atoms with Gasteiger partial charge in [0.2, 0.25) is 0 Å². The molecule has 1 aliphatic rings. The Labute approximate surface area is 110 Å². The fourth-order valence-electron chi connectivity index (χ4n) is 3.63. The summed E-state index contributed by atoms with van der Waals surface area (Å²) < 4.78 is 0. The van der Waals surface area contributed by atoms with Crippen LogP contribution < -0.4 is 0 Å². The second-order valence-electron chi connectivity index (χ2n) is 6.42. The van der Waals surface area contributed by atoms with Gasteiger partial charge in [-0.15, -0.1) is 0 Å². The largest absolute Gasteiger partial charge is 0.0654 e. The van der Waals surface area contributed by atoms with E-state index < -0.39 is 0 Å². The summed E-state index contributed by atoms with van der Waals surface area (Å²) in [7, 11) is 0. The lowest BCUT2D eigenvalue weighted by Crippen LogP contribution is -2.14. The van der Waals surface area contributed by atoms with Crippen LogP contribution in [0.15, 0.2) is 0 Å². The van der Waals surface area contributed by atoms with Gasteiger partial charge in [0, 0.05) is 0 Å². The van der Waals surface area contributed by atoms with Gasteiger partial charge >= 0.3 is 0 Å². The van der Waals surface area contributed by atoms with Gasteiger partial charge in [0.15, 0.2) is 0 Å². The van der Waals surface area contributed by atoms with Crippen molar-refractivity contribution in [2.75, 3.05) is 0 Å². The minimum Gasteiger partial charge on any atom is -0.0654 e. The molecule has 0 heterocycles. The number of hydrogen-bond donors (Lipinski definition) is 0. The summed E-state index contributed by atoms with van der Waals surface area (Å²) in [6.07, 6.45) is 16.2. The Bertz CT molecular complexity index is 173. The molecule has 17 heavy (non-hydrogen) atoms. The second kappa shape index (κ2) is 9.00. The molecule has 0 heteroatoms. The van der Waals surface area contributed by atoms with E-state index in [0.717, 1.165) is 17.8 Å². The van der Waals surface area contributed by atoms with Crippen molar-refractivity contribution in [2.24, 2.45) is 17.8 Å². The zero-order valence-corrected chi connectivity index (χ0v) is 12.5.